The van der Waals surface area contributed by atoms with Crippen LogP contribution in [0.25, 0.3) is 22.6 Å². The van der Waals surface area contributed by atoms with Crippen LogP contribution in [0.3, 0.4) is 0 Å². The van der Waals surface area contributed by atoms with Gasteiger partial charge in [-0.25, -0.2) is 4.98 Å². The quantitative estimate of drug-likeness (QED) is 0.437. The minimum Gasteiger partial charge on any atom is -0.436 e. The summed E-state index contributed by atoms with van der Waals surface area (Å²) >= 11 is 0. The number of nitrogens with two attached hydrogens (primary N) is 1. The van der Waals surface area contributed by atoms with E-state index in [1.54, 1.807) is 0 Å². The van der Waals surface area contributed by atoms with Crippen LogP contribution >= 0.6 is 0 Å². The normalized spacial score (nSPS) is 10.8. The summed E-state index contributed by atoms with van der Waals surface area (Å²) in [6.07, 6.45) is 0. The molecule has 0 saturated carbocycles. The Kier molecular flexibility index (Phi) is 2.64. The zero-order valence-electron chi connectivity index (χ0n) is 10.7. The van der Waals surface area contributed by atoms with Crippen molar-refractivity contribution in [1.29, 1.82) is 0 Å². The zero-order chi connectivity index (χ0) is 14.3. The zero-order valence-corrected chi connectivity index (χ0v) is 10.7. The van der Waals surface area contributed by atoms with Crippen molar-refractivity contribution in [2.24, 2.45) is 0 Å². The minimum atomic E-state index is -0.476. The molecule has 0 amide bonds. The average molecular weight is 269 g/mol. The summed E-state index contributed by atoms with van der Waals surface area (Å²) in [5.74, 6) is 0.284. The van der Waals surface area contributed by atoms with E-state index in [2.05, 4.69) is 4.98 Å². The lowest BCUT2D eigenvalue weighted by atomic mass is 10.1. The van der Waals surface area contributed by atoms with E-state index in [1.807, 2.05) is 25.1 Å². The van der Waals surface area contributed by atoms with Gasteiger partial charge < -0.3 is 10.2 Å². The monoisotopic (exact) mass is 269 g/mol. The maximum atomic E-state index is 10.8. The van der Waals surface area contributed by atoms with Crippen molar-refractivity contribution in [2.75, 3.05) is 5.73 Å². The van der Waals surface area contributed by atoms with Gasteiger partial charge in [0, 0.05) is 17.8 Å². The van der Waals surface area contributed by atoms with E-state index in [-0.39, 0.29) is 11.6 Å². The highest BCUT2D eigenvalue weighted by atomic mass is 16.6. The number of benzene rings is 2. The molecule has 100 valence electrons. The number of nitrogen functional groups attached to an aromatic ring is 1. The largest absolute Gasteiger partial charge is 0.436 e. The molecule has 0 aliphatic carbocycles. The molecule has 3 rings (SSSR count). The fourth-order valence-corrected chi connectivity index (χ4v) is 2.00. The Morgan fingerprint density at radius 3 is 2.80 bits per heavy atom. The van der Waals surface area contributed by atoms with Crippen LogP contribution in [0.1, 0.15) is 5.56 Å². The highest BCUT2D eigenvalue weighted by molar-refractivity contribution is 5.80. The SMILES string of the molecule is Cc1ccc2oc(-c3cc([N+](=O)[O-])ccc3N)nc2c1. The molecule has 0 aliphatic rings. The van der Waals surface area contributed by atoms with Gasteiger partial charge in [-0.3, -0.25) is 10.1 Å². The number of nitrogens with zero attached hydrogens (tertiary/aromatic N) is 2. The van der Waals surface area contributed by atoms with Crippen molar-refractivity contribution < 1.29 is 9.34 Å². The molecule has 6 heteroatoms. The van der Waals surface area contributed by atoms with E-state index in [0.717, 1.165) is 5.56 Å². The lowest BCUT2D eigenvalue weighted by Gasteiger charge is -2.00. The molecule has 2 N–H and O–H groups in total. The lowest BCUT2D eigenvalue weighted by molar-refractivity contribution is -0.384. The summed E-state index contributed by atoms with van der Waals surface area (Å²) in [5, 5.41) is 10.8. The number of oxazole rings is 1. The van der Waals surface area contributed by atoms with Gasteiger partial charge in [0.15, 0.2) is 5.58 Å². The Bertz CT molecular complexity index is 824. The molecule has 0 atom stereocenters. The molecule has 0 bridgehead atoms. The second-order valence-electron chi connectivity index (χ2n) is 4.52. The van der Waals surface area contributed by atoms with Crippen molar-refractivity contribution in [1.82, 2.24) is 4.98 Å². The molecule has 0 saturated heterocycles. The van der Waals surface area contributed by atoms with Gasteiger partial charge >= 0.3 is 0 Å². The number of hydrogen-bond donors (Lipinski definition) is 1. The van der Waals surface area contributed by atoms with Gasteiger partial charge in [0.05, 0.1) is 10.5 Å². The standard InChI is InChI=1S/C14H11N3O3/c1-8-2-5-13-12(6-8)16-14(20-13)10-7-9(17(18)19)3-4-11(10)15/h2-7H,15H2,1H3. The molecule has 20 heavy (non-hydrogen) atoms. The minimum absolute atomic E-state index is 0.0485. The number of nitro groups is 1. The summed E-state index contributed by atoms with van der Waals surface area (Å²) in [4.78, 5) is 14.7. The van der Waals surface area contributed by atoms with Crippen LogP contribution in [0.2, 0.25) is 0 Å². The fourth-order valence-electron chi connectivity index (χ4n) is 2.00. The van der Waals surface area contributed by atoms with Gasteiger partial charge in [0.25, 0.3) is 5.69 Å². The van der Waals surface area contributed by atoms with E-state index < -0.39 is 4.92 Å². The van der Waals surface area contributed by atoms with E-state index in [1.165, 1.54) is 18.2 Å². The van der Waals surface area contributed by atoms with Crippen LogP contribution in [0.15, 0.2) is 40.8 Å². The Balaban J connectivity index is 2.19. The third kappa shape index (κ3) is 1.97. The Hall–Kier alpha value is -2.89. The highest BCUT2D eigenvalue weighted by Crippen LogP contribution is 2.31. The second kappa shape index (κ2) is 4.34. The van der Waals surface area contributed by atoms with Gasteiger partial charge in [0.2, 0.25) is 5.89 Å². The van der Waals surface area contributed by atoms with Crippen LogP contribution in [0.5, 0.6) is 0 Å². The maximum Gasteiger partial charge on any atom is 0.270 e. The van der Waals surface area contributed by atoms with Gasteiger partial charge in [-0.05, 0) is 30.7 Å². The molecule has 0 aliphatic heterocycles. The molecule has 2 aromatic carbocycles. The van der Waals surface area contributed by atoms with Crippen molar-refractivity contribution in [3.63, 3.8) is 0 Å². The first-order valence-corrected chi connectivity index (χ1v) is 5.96. The molecule has 0 radical (unpaired) electrons. The smallest absolute Gasteiger partial charge is 0.270 e. The Morgan fingerprint density at radius 1 is 1.25 bits per heavy atom. The predicted molar refractivity (Wildman–Crippen MR) is 75.2 cm³/mol. The molecule has 3 aromatic rings. The van der Waals surface area contributed by atoms with Gasteiger partial charge in [-0.1, -0.05) is 6.07 Å². The second-order valence-corrected chi connectivity index (χ2v) is 4.52. The van der Waals surface area contributed by atoms with Crippen LogP contribution in [-0.2, 0) is 0 Å². The highest BCUT2D eigenvalue weighted by Gasteiger charge is 2.15. The molecule has 1 heterocycles. The summed E-state index contributed by atoms with van der Waals surface area (Å²) in [6, 6.07) is 9.81. The average Bonchev–Trinajstić information content (AvgIpc) is 2.81. The molecular formula is C14H11N3O3. The summed E-state index contributed by atoms with van der Waals surface area (Å²) in [5.41, 5.74) is 9.00. The third-order valence-electron chi connectivity index (χ3n) is 3.02. The van der Waals surface area contributed by atoms with E-state index >= 15 is 0 Å². The van der Waals surface area contributed by atoms with Crippen molar-refractivity contribution in [3.05, 3.63) is 52.1 Å². The van der Waals surface area contributed by atoms with Gasteiger partial charge in [0.1, 0.15) is 5.52 Å². The molecule has 6 nitrogen and oxygen atoms in total. The van der Waals surface area contributed by atoms with Crippen LogP contribution in [0.4, 0.5) is 11.4 Å². The Morgan fingerprint density at radius 2 is 2.05 bits per heavy atom. The first kappa shape index (κ1) is 12.2. The van der Waals surface area contributed by atoms with Crippen molar-refractivity contribution in [2.45, 2.75) is 6.92 Å². The first-order chi connectivity index (χ1) is 9.54. The van der Waals surface area contributed by atoms with Crippen molar-refractivity contribution in [3.8, 4) is 11.5 Å². The number of aromatic nitrogens is 1. The summed E-state index contributed by atoms with van der Waals surface area (Å²) < 4.78 is 5.61. The van der Waals surface area contributed by atoms with Gasteiger partial charge in [-0.15, -0.1) is 0 Å². The topological polar surface area (TPSA) is 95.2 Å². The first-order valence-electron chi connectivity index (χ1n) is 5.96. The van der Waals surface area contributed by atoms with Crippen LogP contribution < -0.4 is 5.73 Å². The fraction of sp³-hybridized carbons (Fsp3) is 0.0714. The van der Waals surface area contributed by atoms with Gasteiger partial charge in [-0.2, -0.15) is 0 Å². The van der Waals surface area contributed by atoms with Crippen LogP contribution in [-0.4, -0.2) is 9.91 Å². The lowest BCUT2D eigenvalue weighted by Crippen LogP contribution is -1.93. The molecular weight excluding hydrogens is 258 g/mol. The number of nitro benzene ring substituents is 1. The molecule has 0 fully saturated rings. The predicted octanol–water partition coefficient (Wildman–Crippen LogP) is 3.29. The number of aryl methyl sites for hydroxylation is 1. The Labute approximate surface area is 114 Å². The van der Waals surface area contributed by atoms with E-state index in [4.69, 9.17) is 10.2 Å². The number of rotatable bonds is 2. The number of non-ortho nitro benzene ring substituents is 1. The third-order valence-corrected chi connectivity index (χ3v) is 3.02. The van der Waals surface area contributed by atoms with Crippen molar-refractivity contribution >= 4 is 22.5 Å². The molecule has 0 unspecified atom stereocenters. The van der Waals surface area contributed by atoms with E-state index in [0.29, 0.717) is 22.4 Å². The number of anilines is 1. The molecule has 0 spiro atoms. The summed E-state index contributed by atoms with van der Waals surface area (Å²) in [7, 11) is 0. The number of fused-ring (bicyclic) bond motifs is 1. The van der Waals surface area contributed by atoms with Crippen LogP contribution in [0, 0.1) is 17.0 Å². The van der Waals surface area contributed by atoms with E-state index in [9.17, 15) is 10.1 Å². The summed E-state index contributed by atoms with van der Waals surface area (Å²) in [6.45, 7) is 1.95. The maximum absolute atomic E-state index is 10.8. The molecule has 1 aromatic heterocycles. The number of hydrogen-bond acceptors (Lipinski definition) is 5.